The van der Waals surface area contributed by atoms with Crippen molar-refractivity contribution in [2.75, 3.05) is 0 Å². The molecule has 0 N–H and O–H groups in total. The number of allylic oxidation sites excluding steroid dienone is 4. The Bertz CT molecular complexity index is 98.0. The molecular formula is C6H7Ti+. The molecular weight excluding hydrogens is 120 g/mol. The molecule has 0 unspecified atom stereocenters. The fraction of sp³-hybridized carbons (Fsp3) is 0.333. The molecule has 0 bridgehead atoms. The summed E-state index contributed by atoms with van der Waals surface area (Å²) in [7, 11) is 0. The smallest absolute Gasteiger partial charge is 0.270 e. The van der Waals surface area contributed by atoms with Gasteiger partial charge in [-0.2, -0.15) is 6.08 Å². The van der Waals surface area contributed by atoms with Gasteiger partial charge < -0.3 is 0 Å². The van der Waals surface area contributed by atoms with Gasteiger partial charge in [-0.1, -0.05) is 6.92 Å². The molecule has 0 saturated heterocycles. The Morgan fingerprint density at radius 2 is 2.43 bits per heavy atom. The fourth-order valence-electron chi connectivity index (χ4n) is 0.515. The van der Waals surface area contributed by atoms with Crippen LogP contribution in [0.2, 0.25) is 0 Å². The SMILES string of the molecule is CC1=[C-]CC=C1.[Ti+2]. The zero-order chi connectivity index (χ0) is 4.41. The molecule has 1 rings (SSSR count). The largest absolute Gasteiger partial charge is 2.00 e. The van der Waals surface area contributed by atoms with Gasteiger partial charge in [0.05, 0.1) is 0 Å². The predicted molar refractivity (Wildman–Crippen MR) is 26.2 cm³/mol. The van der Waals surface area contributed by atoms with Crippen LogP contribution in [-0.4, -0.2) is 0 Å². The van der Waals surface area contributed by atoms with Crippen LogP contribution in [0.3, 0.4) is 0 Å². The molecule has 0 heterocycles. The molecule has 0 aromatic rings. The maximum Gasteiger partial charge on any atom is 2.00 e. The molecule has 34 valence electrons. The summed E-state index contributed by atoms with van der Waals surface area (Å²) in [6, 6.07) is 0. The standard InChI is InChI=1S/C6H7.Ti/c1-6-4-2-3-5-6;/h2,4H,3H2,1H3;/q-1;+2. The van der Waals surface area contributed by atoms with E-state index in [0.717, 1.165) is 6.42 Å². The van der Waals surface area contributed by atoms with Gasteiger partial charge in [0.15, 0.2) is 0 Å². The topological polar surface area (TPSA) is 0 Å². The molecule has 1 heteroatoms. The van der Waals surface area contributed by atoms with Crippen LogP contribution in [0.5, 0.6) is 0 Å². The molecule has 0 aromatic heterocycles. The van der Waals surface area contributed by atoms with E-state index in [0.29, 0.717) is 0 Å². The van der Waals surface area contributed by atoms with Gasteiger partial charge in [0, 0.05) is 0 Å². The van der Waals surface area contributed by atoms with Crippen molar-refractivity contribution in [1.82, 2.24) is 0 Å². The van der Waals surface area contributed by atoms with Crippen LogP contribution in [0.4, 0.5) is 0 Å². The summed E-state index contributed by atoms with van der Waals surface area (Å²) < 4.78 is 0. The van der Waals surface area contributed by atoms with E-state index in [2.05, 4.69) is 25.2 Å². The number of hydrogen-bond acceptors (Lipinski definition) is 0. The Labute approximate surface area is 59.2 Å². The second kappa shape index (κ2) is 3.23. The monoisotopic (exact) mass is 127 g/mol. The van der Waals surface area contributed by atoms with E-state index in [9.17, 15) is 0 Å². The van der Waals surface area contributed by atoms with Gasteiger partial charge in [-0.25, -0.2) is 11.6 Å². The van der Waals surface area contributed by atoms with Crippen LogP contribution in [-0.2, 0) is 21.7 Å². The summed E-state index contributed by atoms with van der Waals surface area (Å²) in [5, 5.41) is 0. The summed E-state index contributed by atoms with van der Waals surface area (Å²) in [6.07, 6.45) is 8.33. The van der Waals surface area contributed by atoms with Gasteiger partial charge in [0.25, 0.3) is 0 Å². The van der Waals surface area contributed by atoms with E-state index in [-0.39, 0.29) is 21.7 Å². The normalized spacial score (nSPS) is 15.9. The van der Waals surface area contributed by atoms with Crippen molar-refractivity contribution in [1.29, 1.82) is 0 Å². The second-order valence-electron chi connectivity index (χ2n) is 1.47. The minimum absolute atomic E-state index is 0. The molecule has 0 spiro atoms. The maximum absolute atomic E-state index is 3.12. The molecule has 0 nitrogen and oxygen atoms in total. The van der Waals surface area contributed by atoms with Crippen LogP contribution >= 0.6 is 0 Å². The Hall–Kier alpha value is 0.194. The van der Waals surface area contributed by atoms with Gasteiger partial charge in [0.1, 0.15) is 0 Å². The van der Waals surface area contributed by atoms with Crippen molar-refractivity contribution in [3.05, 3.63) is 23.8 Å². The molecule has 1 aliphatic carbocycles. The average Bonchev–Trinajstić information content (AvgIpc) is 1.86. The van der Waals surface area contributed by atoms with E-state index in [1.54, 1.807) is 0 Å². The van der Waals surface area contributed by atoms with Crippen LogP contribution in [0, 0.1) is 6.08 Å². The summed E-state index contributed by atoms with van der Waals surface area (Å²) in [5.41, 5.74) is 1.27. The molecule has 0 amide bonds. The van der Waals surface area contributed by atoms with Crippen LogP contribution in [0.1, 0.15) is 13.3 Å². The van der Waals surface area contributed by atoms with Gasteiger partial charge in [-0.3, -0.25) is 6.08 Å². The fourth-order valence-corrected chi connectivity index (χ4v) is 0.515. The Kier molecular flexibility index (Phi) is 3.32. The summed E-state index contributed by atoms with van der Waals surface area (Å²) >= 11 is 0. The summed E-state index contributed by atoms with van der Waals surface area (Å²) in [5.74, 6) is 0. The van der Waals surface area contributed by atoms with E-state index >= 15 is 0 Å². The molecule has 0 atom stereocenters. The van der Waals surface area contributed by atoms with Crippen molar-refractivity contribution in [2.45, 2.75) is 13.3 Å². The number of hydrogen-bond donors (Lipinski definition) is 0. The Morgan fingerprint density at radius 1 is 1.71 bits per heavy atom. The minimum Gasteiger partial charge on any atom is -0.270 e. The maximum atomic E-state index is 3.12. The van der Waals surface area contributed by atoms with Crippen molar-refractivity contribution >= 4 is 0 Å². The van der Waals surface area contributed by atoms with Crippen LogP contribution < -0.4 is 0 Å². The van der Waals surface area contributed by atoms with E-state index < -0.39 is 0 Å². The Balaban J connectivity index is 0.000000360. The third-order valence-electron chi connectivity index (χ3n) is 0.867. The molecule has 0 fully saturated rings. The van der Waals surface area contributed by atoms with Crippen molar-refractivity contribution in [2.24, 2.45) is 0 Å². The van der Waals surface area contributed by atoms with Gasteiger partial charge in [-0.15, -0.1) is 6.42 Å². The zero-order valence-corrected chi connectivity index (χ0v) is 5.92. The third kappa shape index (κ3) is 2.11. The van der Waals surface area contributed by atoms with Crippen LogP contribution in [0.15, 0.2) is 17.7 Å². The molecule has 0 aliphatic heterocycles. The quantitative estimate of drug-likeness (QED) is 0.343. The summed E-state index contributed by atoms with van der Waals surface area (Å²) in [6.45, 7) is 2.06. The van der Waals surface area contributed by atoms with E-state index in [1.165, 1.54) is 5.57 Å². The third-order valence-corrected chi connectivity index (χ3v) is 0.867. The Morgan fingerprint density at radius 3 is 2.57 bits per heavy atom. The molecule has 0 aromatic carbocycles. The van der Waals surface area contributed by atoms with Gasteiger partial charge in [-0.05, 0) is 0 Å². The first-order chi connectivity index (χ1) is 2.89. The first-order valence-electron chi connectivity index (χ1n) is 2.13. The van der Waals surface area contributed by atoms with Gasteiger partial charge in [0.2, 0.25) is 0 Å². The van der Waals surface area contributed by atoms with Gasteiger partial charge >= 0.3 is 21.7 Å². The second-order valence-corrected chi connectivity index (χ2v) is 1.47. The van der Waals surface area contributed by atoms with E-state index in [1.807, 2.05) is 0 Å². The number of rotatable bonds is 0. The van der Waals surface area contributed by atoms with Crippen LogP contribution in [0.25, 0.3) is 0 Å². The van der Waals surface area contributed by atoms with Crippen molar-refractivity contribution in [3.8, 4) is 0 Å². The summed E-state index contributed by atoms with van der Waals surface area (Å²) in [4.78, 5) is 0. The molecule has 1 aliphatic rings. The van der Waals surface area contributed by atoms with E-state index in [4.69, 9.17) is 0 Å². The molecule has 0 saturated carbocycles. The molecule has 7 heavy (non-hydrogen) atoms. The van der Waals surface area contributed by atoms with Crippen molar-refractivity contribution in [3.63, 3.8) is 0 Å². The predicted octanol–water partition coefficient (Wildman–Crippen LogP) is 1.69. The first kappa shape index (κ1) is 7.19. The van der Waals surface area contributed by atoms with Crippen molar-refractivity contribution < 1.29 is 21.7 Å². The average molecular weight is 127 g/mol. The minimum atomic E-state index is 0. The zero-order valence-electron chi connectivity index (χ0n) is 4.36. The first-order valence-corrected chi connectivity index (χ1v) is 2.13. The molecule has 0 radical (unpaired) electrons.